The smallest absolute Gasteiger partial charge is 0.225 e. The van der Waals surface area contributed by atoms with Gasteiger partial charge in [-0.3, -0.25) is 9.59 Å². The van der Waals surface area contributed by atoms with Crippen LogP contribution in [0.4, 0.5) is 0 Å². The number of rotatable bonds is 6. The van der Waals surface area contributed by atoms with Gasteiger partial charge >= 0.3 is 0 Å². The second-order valence-electron chi connectivity index (χ2n) is 8.82. The maximum atomic E-state index is 12.8. The molecular weight excluding hydrogens is 326 g/mol. The van der Waals surface area contributed by atoms with Crippen molar-refractivity contribution in [3.05, 3.63) is 0 Å². The molecule has 0 aromatic rings. The van der Waals surface area contributed by atoms with Gasteiger partial charge < -0.3 is 15.5 Å². The average molecular weight is 364 g/mol. The van der Waals surface area contributed by atoms with Crippen molar-refractivity contribution >= 4 is 11.8 Å². The van der Waals surface area contributed by atoms with Gasteiger partial charge in [0.25, 0.3) is 0 Å². The summed E-state index contributed by atoms with van der Waals surface area (Å²) in [5.74, 6) is 1.98. The van der Waals surface area contributed by atoms with E-state index in [9.17, 15) is 9.59 Å². The summed E-state index contributed by atoms with van der Waals surface area (Å²) in [7, 11) is 1.98. The summed E-state index contributed by atoms with van der Waals surface area (Å²) in [6, 6.07) is 0.283. The molecule has 1 atom stereocenters. The average Bonchev–Trinajstić information content (AvgIpc) is 3.11. The first-order valence-electron chi connectivity index (χ1n) is 10.9. The zero-order chi connectivity index (χ0) is 18.4. The van der Waals surface area contributed by atoms with Gasteiger partial charge in [-0.2, -0.15) is 0 Å². The highest BCUT2D eigenvalue weighted by Crippen LogP contribution is 2.29. The Hall–Kier alpha value is -1.10. The maximum absolute atomic E-state index is 12.8. The Morgan fingerprint density at radius 3 is 2.35 bits per heavy atom. The Labute approximate surface area is 158 Å². The number of likely N-dealkylation sites (tertiary alicyclic amines) is 1. The zero-order valence-electron chi connectivity index (χ0n) is 16.5. The molecule has 0 aromatic heterocycles. The Morgan fingerprint density at radius 2 is 1.65 bits per heavy atom. The van der Waals surface area contributed by atoms with Crippen LogP contribution in [-0.4, -0.2) is 49.4 Å². The van der Waals surface area contributed by atoms with Crippen LogP contribution in [-0.2, 0) is 9.59 Å². The predicted octanol–water partition coefficient (Wildman–Crippen LogP) is 2.70. The minimum absolute atomic E-state index is 0.176. The van der Waals surface area contributed by atoms with Crippen molar-refractivity contribution in [2.24, 2.45) is 17.8 Å². The first-order valence-corrected chi connectivity index (χ1v) is 10.9. The molecule has 2 aliphatic carbocycles. The van der Waals surface area contributed by atoms with Crippen LogP contribution in [0.1, 0.15) is 70.6 Å². The number of carbonyl (C=O) groups excluding carboxylic acids is 2. The van der Waals surface area contributed by atoms with Crippen LogP contribution in [0.15, 0.2) is 0 Å². The van der Waals surface area contributed by atoms with Gasteiger partial charge in [-0.25, -0.2) is 0 Å². The summed E-state index contributed by atoms with van der Waals surface area (Å²) in [5.41, 5.74) is 0. The molecule has 5 nitrogen and oxygen atoms in total. The van der Waals surface area contributed by atoms with Gasteiger partial charge in [0, 0.05) is 31.5 Å². The molecule has 0 radical (unpaired) electrons. The van der Waals surface area contributed by atoms with E-state index in [0.717, 1.165) is 51.7 Å². The molecule has 3 rings (SSSR count). The molecule has 1 unspecified atom stereocenters. The van der Waals surface area contributed by atoms with Crippen LogP contribution in [0, 0.1) is 17.8 Å². The van der Waals surface area contributed by atoms with E-state index in [1.165, 1.54) is 32.1 Å². The van der Waals surface area contributed by atoms with Gasteiger partial charge in [-0.1, -0.05) is 19.3 Å². The molecule has 148 valence electrons. The van der Waals surface area contributed by atoms with E-state index < -0.39 is 0 Å². The van der Waals surface area contributed by atoms with Crippen LogP contribution in [0.5, 0.6) is 0 Å². The zero-order valence-corrected chi connectivity index (χ0v) is 16.5. The van der Waals surface area contributed by atoms with Gasteiger partial charge in [0.1, 0.15) is 0 Å². The van der Waals surface area contributed by atoms with E-state index in [1.54, 1.807) is 0 Å². The normalized spacial score (nSPS) is 30.3. The lowest BCUT2D eigenvalue weighted by atomic mass is 9.84. The SMILES string of the molecule is CNCC1CCN(C(=O)C2CCC(NC(=O)CC3CCCCC3)CC2)C1. The Morgan fingerprint density at radius 1 is 0.923 bits per heavy atom. The Bertz CT molecular complexity index is 468. The van der Waals surface area contributed by atoms with Gasteiger partial charge in [0.2, 0.25) is 11.8 Å². The van der Waals surface area contributed by atoms with Crippen LogP contribution >= 0.6 is 0 Å². The van der Waals surface area contributed by atoms with E-state index >= 15 is 0 Å². The van der Waals surface area contributed by atoms with Gasteiger partial charge in [-0.05, 0) is 70.4 Å². The van der Waals surface area contributed by atoms with E-state index in [1.807, 2.05) is 7.05 Å². The topological polar surface area (TPSA) is 61.4 Å². The first kappa shape index (κ1) is 19.7. The number of hydrogen-bond acceptors (Lipinski definition) is 3. The minimum atomic E-state index is 0.176. The largest absolute Gasteiger partial charge is 0.353 e. The molecule has 0 bridgehead atoms. The molecule has 2 saturated carbocycles. The molecule has 2 amide bonds. The second-order valence-corrected chi connectivity index (χ2v) is 8.82. The molecule has 5 heteroatoms. The third-order valence-electron chi connectivity index (χ3n) is 6.73. The quantitative estimate of drug-likeness (QED) is 0.763. The van der Waals surface area contributed by atoms with Crippen molar-refractivity contribution in [3.63, 3.8) is 0 Å². The summed E-state index contributed by atoms with van der Waals surface area (Å²) in [5, 5.41) is 6.47. The fraction of sp³-hybridized carbons (Fsp3) is 0.905. The summed E-state index contributed by atoms with van der Waals surface area (Å²) in [4.78, 5) is 27.1. The van der Waals surface area contributed by atoms with Crippen molar-refractivity contribution in [2.75, 3.05) is 26.7 Å². The van der Waals surface area contributed by atoms with Crippen molar-refractivity contribution in [1.29, 1.82) is 0 Å². The van der Waals surface area contributed by atoms with Crippen molar-refractivity contribution < 1.29 is 9.59 Å². The molecule has 0 spiro atoms. The number of hydrogen-bond donors (Lipinski definition) is 2. The fourth-order valence-electron chi connectivity index (χ4n) is 5.17. The molecule has 3 aliphatic rings. The highest BCUT2D eigenvalue weighted by Gasteiger charge is 2.33. The monoisotopic (exact) mass is 363 g/mol. The summed E-state index contributed by atoms with van der Waals surface area (Å²) in [6.45, 7) is 2.84. The van der Waals surface area contributed by atoms with E-state index in [2.05, 4.69) is 15.5 Å². The van der Waals surface area contributed by atoms with Crippen LogP contribution < -0.4 is 10.6 Å². The third-order valence-corrected chi connectivity index (χ3v) is 6.73. The van der Waals surface area contributed by atoms with Gasteiger partial charge in [-0.15, -0.1) is 0 Å². The van der Waals surface area contributed by atoms with Gasteiger partial charge in [0.15, 0.2) is 0 Å². The molecule has 1 aliphatic heterocycles. The summed E-state index contributed by atoms with van der Waals surface area (Å²) >= 11 is 0. The lowest BCUT2D eigenvalue weighted by Crippen LogP contribution is -2.42. The lowest BCUT2D eigenvalue weighted by Gasteiger charge is -2.31. The molecular formula is C21H37N3O2. The molecule has 1 saturated heterocycles. The van der Waals surface area contributed by atoms with Crippen molar-refractivity contribution in [1.82, 2.24) is 15.5 Å². The van der Waals surface area contributed by atoms with E-state index in [-0.39, 0.29) is 17.9 Å². The fourth-order valence-corrected chi connectivity index (χ4v) is 5.17. The molecule has 3 fully saturated rings. The Balaban J connectivity index is 1.36. The van der Waals surface area contributed by atoms with Gasteiger partial charge in [0.05, 0.1) is 0 Å². The van der Waals surface area contributed by atoms with Crippen molar-refractivity contribution in [2.45, 2.75) is 76.7 Å². The predicted molar refractivity (Wildman–Crippen MR) is 104 cm³/mol. The number of carbonyl (C=O) groups is 2. The second kappa shape index (κ2) is 9.72. The number of nitrogens with one attached hydrogen (secondary N) is 2. The van der Waals surface area contributed by atoms with Crippen LogP contribution in [0.2, 0.25) is 0 Å². The minimum Gasteiger partial charge on any atom is -0.353 e. The Kier molecular flexibility index (Phi) is 7.35. The third kappa shape index (κ3) is 5.45. The lowest BCUT2D eigenvalue weighted by molar-refractivity contribution is -0.135. The first-order chi connectivity index (χ1) is 12.7. The van der Waals surface area contributed by atoms with E-state index in [4.69, 9.17) is 0 Å². The maximum Gasteiger partial charge on any atom is 0.225 e. The molecule has 26 heavy (non-hydrogen) atoms. The van der Waals surface area contributed by atoms with E-state index in [0.29, 0.717) is 24.2 Å². The van der Waals surface area contributed by atoms with Crippen LogP contribution in [0.25, 0.3) is 0 Å². The summed E-state index contributed by atoms with van der Waals surface area (Å²) < 4.78 is 0. The van der Waals surface area contributed by atoms with Crippen molar-refractivity contribution in [3.8, 4) is 0 Å². The molecule has 2 N–H and O–H groups in total. The highest BCUT2D eigenvalue weighted by atomic mass is 16.2. The number of amides is 2. The molecule has 0 aromatic carbocycles. The van der Waals surface area contributed by atoms with Crippen LogP contribution in [0.3, 0.4) is 0 Å². The summed E-state index contributed by atoms with van der Waals surface area (Å²) in [6.07, 6.45) is 12.0. The molecule has 1 heterocycles. The standard InChI is InChI=1S/C21H37N3O2/c1-22-14-17-11-12-24(15-17)21(26)18-7-9-19(10-8-18)23-20(25)13-16-5-3-2-4-6-16/h16-19,22H,2-15H2,1H3,(H,23,25). The number of nitrogens with zero attached hydrogens (tertiary/aromatic N) is 1. The highest BCUT2D eigenvalue weighted by molar-refractivity contribution is 5.79.